The van der Waals surface area contributed by atoms with Crippen LogP contribution in [0.15, 0.2) is 55.2 Å². The molecule has 3 aliphatic rings. The van der Waals surface area contributed by atoms with Gasteiger partial charge >= 0.3 is 0 Å². The summed E-state index contributed by atoms with van der Waals surface area (Å²) in [6.07, 6.45) is 15.1. The summed E-state index contributed by atoms with van der Waals surface area (Å²) in [7, 11) is 0. The average Bonchev–Trinajstić information content (AvgIpc) is 3.90. The maximum Gasteiger partial charge on any atom is 0.236 e. The Morgan fingerprint density at radius 2 is 1.84 bits per heavy atom. The minimum absolute atomic E-state index is 0.213. The van der Waals surface area contributed by atoms with Crippen LogP contribution in [0.4, 0.5) is 11.5 Å². The third-order valence-corrected chi connectivity index (χ3v) is 12.1. The molecular formula is C41H46N14O2. The summed E-state index contributed by atoms with van der Waals surface area (Å²) in [6.45, 7) is 9.85. The molecule has 5 aromatic rings. The number of anilines is 2. The third-order valence-electron chi connectivity index (χ3n) is 12.1. The second-order valence-corrected chi connectivity index (χ2v) is 15.9. The SMILES string of the molecule is CC(C#N)Nc1cc(-n2ncc3cc(C#N)cnc32)ncc1-n1cc(C2CCC(CCN3CCN(c4ccc(C5(C)CCC(=O)NC5=O)cn4)C(C)C3)CC2)nn1. The van der Waals surface area contributed by atoms with Gasteiger partial charge in [-0.1, -0.05) is 11.3 Å². The van der Waals surface area contributed by atoms with E-state index in [9.17, 15) is 20.1 Å². The van der Waals surface area contributed by atoms with Crippen molar-refractivity contribution in [3.8, 4) is 23.6 Å². The highest BCUT2D eigenvalue weighted by atomic mass is 16.2. The van der Waals surface area contributed by atoms with Gasteiger partial charge in [0.05, 0.1) is 47.0 Å². The normalized spacial score (nSPS) is 23.5. The van der Waals surface area contributed by atoms with Gasteiger partial charge in [-0.15, -0.1) is 5.10 Å². The molecule has 8 rings (SSSR count). The van der Waals surface area contributed by atoms with Gasteiger partial charge in [0.25, 0.3) is 0 Å². The number of aromatic nitrogens is 8. The maximum absolute atomic E-state index is 12.6. The van der Waals surface area contributed by atoms with Crippen LogP contribution in [0.3, 0.4) is 0 Å². The van der Waals surface area contributed by atoms with Crippen molar-refractivity contribution in [3.05, 3.63) is 72.1 Å². The van der Waals surface area contributed by atoms with E-state index in [4.69, 9.17) is 4.98 Å². The number of pyridine rings is 3. The summed E-state index contributed by atoms with van der Waals surface area (Å²) in [5.74, 6) is 1.98. The molecule has 3 fully saturated rings. The van der Waals surface area contributed by atoms with Crippen molar-refractivity contribution in [2.45, 2.75) is 89.1 Å². The molecular weight excluding hydrogens is 721 g/mol. The summed E-state index contributed by atoms with van der Waals surface area (Å²) >= 11 is 0. The van der Waals surface area contributed by atoms with E-state index in [-0.39, 0.29) is 11.8 Å². The number of hydrogen-bond donors (Lipinski definition) is 2. The fourth-order valence-electron chi connectivity index (χ4n) is 8.50. The molecule has 3 unspecified atom stereocenters. The van der Waals surface area contributed by atoms with Crippen LogP contribution in [-0.2, 0) is 15.0 Å². The summed E-state index contributed by atoms with van der Waals surface area (Å²) in [4.78, 5) is 43.1. The molecule has 1 saturated carbocycles. The van der Waals surface area contributed by atoms with Crippen LogP contribution in [0, 0.1) is 28.6 Å². The van der Waals surface area contributed by atoms with E-state index >= 15 is 0 Å². The summed E-state index contributed by atoms with van der Waals surface area (Å²) in [5, 5.41) is 38.9. The van der Waals surface area contributed by atoms with Crippen LogP contribution in [0.5, 0.6) is 0 Å². The number of nitriles is 2. The van der Waals surface area contributed by atoms with Crippen molar-refractivity contribution >= 4 is 34.4 Å². The molecule has 0 spiro atoms. The van der Waals surface area contributed by atoms with E-state index in [1.54, 1.807) is 40.9 Å². The first-order valence-corrected chi connectivity index (χ1v) is 19.7. The van der Waals surface area contributed by atoms with Gasteiger partial charge in [-0.2, -0.15) is 20.3 Å². The summed E-state index contributed by atoms with van der Waals surface area (Å²) in [6, 6.07) is 11.7. The minimum Gasteiger partial charge on any atom is -0.368 e. The molecule has 0 bridgehead atoms. The van der Waals surface area contributed by atoms with Crippen molar-refractivity contribution < 1.29 is 9.59 Å². The molecule has 0 radical (unpaired) electrons. The van der Waals surface area contributed by atoms with E-state index in [1.165, 1.54) is 12.6 Å². The highest BCUT2D eigenvalue weighted by molar-refractivity contribution is 6.03. The molecule has 1 aliphatic carbocycles. The molecule has 16 heteroatoms. The van der Waals surface area contributed by atoms with Crippen LogP contribution in [-0.4, -0.2) is 94.7 Å². The number of nitrogens with one attached hydrogen (secondary N) is 2. The quantitative estimate of drug-likeness (QED) is 0.188. The number of piperazine rings is 1. The fourth-order valence-corrected chi connectivity index (χ4v) is 8.50. The zero-order valence-corrected chi connectivity index (χ0v) is 32.5. The van der Waals surface area contributed by atoms with Gasteiger partial charge in [0.1, 0.15) is 23.6 Å². The molecule has 2 saturated heterocycles. The Bertz CT molecular complexity index is 2370. The molecule has 3 atom stereocenters. The number of imide groups is 1. The Morgan fingerprint density at radius 3 is 2.58 bits per heavy atom. The Hall–Kier alpha value is -6.26. The minimum atomic E-state index is -0.740. The highest BCUT2D eigenvalue weighted by Crippen LogP contribution is 2.37. The van der Waals surface area contributed by atoms with Crippen LogP contribution in [0.2, 0.25) is 0 Å². The molecule has 5 aromatic heterocycles. The Kier molecular flexibility index (Phi) is 10.4. The second kappa shape index (κ2) is 15.7. The van der Waals surface area contributed by atoms with Gasteiger partial charge in [0.2, 0.25) is 11.8 Å². The van der Waals surface area contributed by atoms with Crippen LogP contribution < -0.4 is 15.5 Å². The fraction of sp³-hybridized carbons (Fsp3) is 0.463. The van der Waals surface area contributed by atoms with Gasteiger partial charge in [0, 0.05) is 61.9 Å². The molecule has 7 heterocycles. The molecule has 57 heavy (non-hydrogen) atoms. The Labute approximate surface area is 330 Å². The van der Waals surface area contributed by atoms with E-state index < -0.39 is 11.5 Å². The van der Waals surface area contributed by atoms with Gasteiger partial charge in [-0.25, -0.2) is 19.6 Å². The van der Waals surface area contributed by atoms with Gasteiger partial charge < -0.3 is 10.2 Å². The number of amides is 2. The topological polar surface area (TPSA) is 199 Å². The highest BCUT2D eigenvalue weighted by Gasteiger charge is 2.40. The first-order valence-electron chi connectivity index (χ1n) is 19.7. The van der Waals surface area contributed by atoms with Crippen molar-refractivity contribution in [2.24, 2.45) is 5.92 Å². The number of fused-ring (bicyclic) bond motifs is 1. The number of carbonyl (C=O) groups excluding carboxylic acids is 2. The van der Waals surface area contributed by atoms with E-state index in [0.717, 1.165) is 74.3 Å². The van der Waals surface area contributed by atoms with Crippen LogP contribution in [0.1, 0.15) is 88.5 Å². The van der Waals surface area contributed by atoms with Gasteiger partial charge in [0.15, 0.2) is 11.5 Å². The molecule has 2 N–H and O–H groups in total. The molecule has 16 nitrogen and oxygen atoms in total. The summed E-state index contributed by atoms with van der Waals surface area (Å²) in [5.41, 5.74) is 3.43. The molecule has 2 aliphatic heterocycles. The lowest BCUT2D eigenvalue weighted by Crippen LogP contribution is -2.52. The standard InChI is InChI=1S/C41H46N14O2/c1-26(18-42)48-33-17-37(55-39-31(21-47-55)16-29(19-43)20-46-39)45-23-35(33)54-25-34(50-51-54)30-6-4-28(5-7-30)11-13-52-14-15-53(27(2)24-52)36-9-8-32(22-44-36)41(3)12-10-38(56)49-40(41)57/h8-9,16-17,20-23,25-28,30H,4-7,10-15,24H2,1-3H3,(H,45,48)(H,49,56,57). The zero-order chi connectivity index (χ0) is 39.7. The predicted molar refractivity (Wildman–Crippen MR) is 212 cm³/mol. The number of nitrogens with zero attached hydrogens (tertiary/aromatic N) is 12. The average molecular weight is 767 g/mol. The van der Waals surface area contributed by atoms with Crippen LogP contribution in [0.25, 0.3) is 22.5 Å². The molecule has 292 valence electrons. The Balaban J connectivity index is 0.849. The van der Waals surface area contributed by atoms with E-state index in [2.05, 4.69) is 64.9 Å². The molecule has 2 amide bonds. The van der Waals surface area contributed by atoms with Crippen molar-refractivity contribution in [2.75, 3.05) is 36.4 Å². The molecule has 0 aromatic carbocycles. The zero-order valence-electron chi connectivity index (χ0n) is 32.5. The monoisotopic (exact) mass is 766 g/mol. The van der Waals surface area contributed by atoms with E-state index in [0.29, 0.717) is 59.1 Å². The number of rotatable bonds is 10. The summed E-state index contributed by atoms with van der Waals surface area (Å²) < 4.78 is 3.34. The number of carbonyl (C=O) groups is 2. The third kappa shape index (κ3) is 7.65. The Morgan fingerprint density at radius 1 is 1.02 bits per heavy atom. The lowest BCUT2D eigenvalue weighted by molar-refractivity contribution is -0.137. The van der Waals surface area contributed by atoms with E-state index in [1.807, 2.05) is 31.3 Å². The van der Waals surface area contributed by atoms with Crippen LogP contribution >= 0.6 is 0 Å². The first-order chi connectivity index (χ1) is 27.6. The van der Waals surface area contributed by atoms with Crippen molar-refractivity contribution in [1.29, 1.82) is 10.5 Å². The number of piperidine rings is 1. The maximum atomic E-state index is 12.6. The van der Waals surface area contributed by atoms with Crippen molar-refractivity contribution in [1.82, 2.24) is 49.9 Å². The lowest BCUT2D eigenvalue weighted by atomic mass is 9.76. The first kappa shape index (κ1) is 37.7. The lowest BCUT2D eigenvalue weighted by Gasteiger charge is -2.41. The smallest absolute Gasteiger partial charge is 0.236 e. The van der Waals surface area contributed by atoms with Gasteiger partial charge in [-0.05, 0) is 89.5 Å². The second-order valence-electron chi connectivity index (χ2n) is 15.9. The predicted octanol–water partition coefficient (Wildman–Crippen LogP) is 4.56. The van der Waals surface area contributed by atoms with Gasteiger partial charge in [-0.3, -0.25) is 19.8 Å². The number of hydrogen-bond acceptors (Lipinski definition) is 13. The van der Waals surface area contributed by atoms with Crippen molar-refractivity contribution in [3.63, 3.8) is 0 Å². The largest absolute Gasteiger partial charge is 0.368 e.